The van der Waals surface area contributed by atoms with Gasteiger partial charge in [-0.2, -0.15) is 0 Å². The van der Waals surface area contributed by atoms with Gasteiger partial charge in [-0.1, -0.05) is 54.1 Å². The Balaban J connectivity index is 1.07. The molecule has 2 bridgehead atoms. The number of aryl methyl sites for hydroxylation is 1. The lowest BCUT2D eigenvalue weighted by Crippen LogP contribution is -2.47. The predicted molar refractivity (Wildman–Crippen MR) is 186 cm³/mol. The summed E-state index contributed by atoms with van der Waals surface area (Å²) in [4.78, 5) is 6.97. The molecule has 3 aliphatic rings. The Morgan fingerprint density at radius 2 is 1.76 bits per heavy atom. The zero-order valence-corrected chi connectivity index (χ0v) is 27.9. The van der Waals surface area contributed by atoms with E-state index in [2.05, 4.69) is 81.6 Å². The topological polar surface area (TPSA) is 105 Å². The van der Waals surface area contributed by atoms with E-state index in [0.29, 0.717) is 28.7 Å². The van der Waals surface area contributed by atoms with E-state index in [1.807, 2.05) is 12.1 Å². The molecule has 7 rings (SSSR count). The Morgan fingerprint density at radius 3 is 2.48 bits per heavy atom. The number of aromatic nitrogens is 2. The summed E-state index contributed by atoms with van der Waals surface area (Å²) in [5.74, 6) is 2.91. The lowest BCUT2D eigenvalue weighted by Gasteiger charge is -2.45. The van der Waals surface area contributed by atoms with Crippen LogP contribution in [0.3, 0.4) is 0 Å². The van der Waals surface area contributed by atoms with Gasteiger partial charge in [-0.25, -0.2) is 18.5 Å². The summed E-state index contributed by atoms with van der Waals surface area (Å²) in [6.45, 7) is 3.57. The first-order valence-electron chi connectivity index (χ1n) is 16.4. The number of halogens is 1. The van der Waals surface area contributed by atoms with Gasteiger partial charge < -0.3 is 14.8 Å². The van der Waals surface area contributed by atoms with Crippen LogP contribution in [0.1, 0.15) is 62.5 Å². The largest absolute Gasteiger partial charge is 0.357 e. The number of nitrogens with one attached hydrogen (secondary N) is 2. The van der Waals surface area contributed by atoms with Gasteiger partial charge in [0.2, 0.25) is 10.0 Å². The number of imidazole rings is 1. The maximum absolute atomic E-state index is 12.2. The normalized spacial score (nSPS) is 24.8. The molecular formula is C36H43ClN6O2S. The third-order valence-electron chi connectivity index (χ3n) is 10.8. The Labute approximate surface area is 277 Å². The van der Waals surface area contributed by atoms with Crippen LogP contribution in [0.4, 0.5) is 5.69 Å². The van der Waals surface area contributed by atoms with E-state index in [1.165, 1.54) is 30.3 Å². The standard InChI is InChI=1S/C36H43ClN6O2S/c1-25-39-32-9-5-6-10-33(32)43(25)34-23-26-11-16-31(41-34)30(26)17-18-36(27-7-3-2-4-8-27)19-21-42(22-20-36)35(24-46(38,44)45)40-29-14-12-28(37)13-15-29/h2-10,12-15,24,26,30-31,34,40-41H,11,16-23H2,1H3,(H2,38,44,45)/b35-24+. The molecule has 10 heteroatoms. The number of anilines is 1. The Bertz CT molecular complexity index is 1800. The van der Waals surface area contributed by atoms with E-state index in [0.717, 1.165) is 61.2 Å². The van der Waals surface area contributed by atoms with Crippen molar-refractivity contribution in [1.29, 1.82) is 0 Å². The SMILES string of the molecule is Cc1nc2ccccc2n1C1CC2CCC(N1)C2CCC1(c2ccccc2)CCN(/C(=C/S(N)(=O)=O)Nc2ccc(Cl)cc2)CC1. The molecule has 4 aromatic rings. The van der Waals surface area contributed by atoms with Crippen LogP contribution in [0.15, 0.2) is 90.1 Å². The first-order chi connectivity index (χ1) is 22.2. The van der Waals surface area contributed by atoms with Gasteiger partial charge in [0.25, 0.3) is 0 Å². The minimum Gasteiger partial charge on any atom is -0.357 e. The second kappa shape index (κ2) is 12.7. The van der Waals surface area contributed by atoms with E-state index in [9.17, 15) is 8.42 Å². The number of fused-ring (bicyclic) bond motifs is 3. The zero-order chi connectivity index (χ0) is 31.9. The van der Waals surface area contributed by atoms with E-state index in [1.54, 1.807) is 12.1 Å². The molecule has 3 aromatic carbocycles. The molecule has 242 valence electrons. The molecule has 2 saturated heterocycles. The third kappa shape index (κ3) is 6.43. The van der Waals surface area contributed by atoms with Crippen LogP contribution in [0.2, 0.25) is 5.02 Å². The van der Waals surface area contributed by atoms with Gasteiger partial charge in [0, 0.05) is 29.8 Å². The van der Waals surface area contributed by atoms with E-state index < -0.39 is 10.0 Å². The number of nitrogens with zero attached hydrogens (tertiary/aromatic N) is 3. The number of hydrogen-bond donors (Lipinski definition) is 3. The van der Waals surface area contributed by atoms with Crippen LogP contribution >= 0.6 is 11.6 Å². The maximum Gasteiger partial charge on any atom is 0.234 e. The van der Waals surface area contributed by atoms with Crippen LogP contribution in [0.5, 0.6) is 0 Å². The molecule has 8 nitrogen and oxygen atoms in total. The molecule has 46 heavy (non-hydrogen) atoms. The molecule has 4 unspecified atom stereocenters. The molecule has 3 heterocycles. The Hall–Kier alpha value is -3.37. The van der Waals surface area contributed by atoms with E-state index >= 15 is 0 Å². The van der Waals surface area contributed by atoms with Crippen molar-refractivity contribution in [1.82, 2.24) is 19.8 Å². The fourth-order valence-corrected chi connectivity index (χ4v) is 9.19. The molecule has 0 amide bonds. The van der Waals surface area contributed by atoms with Crippen molar-refractivity contribution in [3.8, 4) is 0 Å². The quantitative estimate of drug-likeness (QED) is 0.181. The number of para-hydroxylation sites is 2. The molecule has 4 atom stereocenters. The molecule has 1 saturated carbocycles. The third-order valence-corrected chi connectivity index (χ3v) is 11.6. The van der Waals surface area contributed by atoms with Gasteiger partial charge in [0.05, 0.1) is 22.6 Å². The van der Waals surface area contributed by atoms with Gasteiger partial charge in [-0.15, -0.1) is 0 Å². The molecule has 1 aromatic heterocycles. The maximum atomic E-state index is 12.2. The van der Waals surface area contributed by atoms with Crippen molar-refractivity contribution in [3.05, 3.63) is 107 Å². The lowest BCUT2D eigenvalue weighted by molar-refractivity contribution is 0.133. The van der Waals surface area contributed by atoms with Crippen LogP contribution < -0.4 is 15.8 Å². The fraction of sp³-hybridized carbons (Fsp3) is 0.417. The van der Waals surface area contributed by atoms with E-state index in [4.69, 9.17) is 21.7 Å². The highest BCUT2D eigenvalue weighted by atomic mass is 35.5. The van der Waals surface area contributed by atoms with Crippen molar-refractivity contribution in [3.63, 3.8) is 0 Å². The molecule has 2 aliphatic heterocycles. The van der Waals surface area contributed by atoms with Crippen molar-refractivity contribution >= 4 is 38.3 Å². The number of piperidine rings is 2. The zero-order valence-electron chi connectivity index (χ0n) is 26.3. The van der Waals surface area contributed by atoms with Crippen LogP contribution in [-0.4, -0.2) is 42.0 Å². The number of likely N-dealkylation sites (tertiary alicyclic amines) is 1. The second-order valence-corrected chi connectivity index (χ2v) is 15.3. The predicted octanol–water partition coefficient (Wildman–Crippen LogP) is 6.90. The van der Waals surface area contributed by atoms with E-state index in [-0.39, 0.29) is 11.6 Å². The Kier molecular flexibility index (Phi) is 8.61. The summed E-state index contributed by atoms with van der Waals surface area (Å²) in [6.07, 6.45) is 8.06. The minimum absolute atomic E-state index is 0.0260. The molecule has 3 fully saturated rings. The molecule has 0 radical (unpaired) electrons. The van der Waals surface area contributed by atoms with Gasteiger partial charge in [-0.05, 0) is 111 Å². The summed E-state index contributed by atoms with van der Waals surface area (Å²) >= 11 is 6.08. The first kappa shape index (κ1) is 31.2. The number of hydrogen-bond acceptors (Lipinski definition) is 6. The number of sulfonamides is 1. The molecule has 0 spiro atoms. The van der Waals surface area contributed by atoms with Gasteiger partial charge in [0.15, 0.2) is 0 Å². The lowest BCUT2D eigenvalue weighted by atomic mass is 9.67. The summed E-state index contributed by atoms with van der Waals surface area (Å²) in [7, 11) is -3.85. The molecular weight excluding hydrogens is 616 g/mol. The monoisotopic (exact) mass is 658 g/mol. The molecule has 4 N–H and O–H groups in total. The van der Waals surface area contributed by atoms with Crippen molar-refractivity contribution in [2.24, 2.45) is 17.0 Å². The fourth-order valence-electron chi connectivity index (χ4n) is 8.54. The number of nitrogens with two attached hydrogens (primary N) is 1. The summed E-state index contributed by atoms with van der Waals surface area (Å²) < 4.78 is 26.8. The second-order valence-electron chi connectivity index (χ2n) is 13.4. The number of primary sulfonamides is 1. The number of benzene rings is 3. The smallest absolute Gasteiger partial charge is 0.234 e. The Morgan fingerprint density at radius 1 is 1.04 bits per heavy atom. The van der Waals surface area contributed by atoms with Crippen molar-refractivity contribution < 1.29 is 8.42 Å². The summed E-state index contributed by atoms with van der Waals surface area (Å²) in [5.41, 5.74) is 4.45. The van der Waals surface area contributed by atoms with Crippen molar-refractivity contribution in [2.75, 3.05) is 18.4 Å². The van der Waals surface area contributed by atoms with Crippen molar-refractivity contribution in [2.45, 2.75) is 69.5 Å². The van der Waals surface area contributed by atoms with Crippen LogP contribution in [0.25, 0.3) is 11.0 Å². The average molecular weight is 659 g/mol. The van der Waals surface area contributed by atoms with Crippen LogP contribution in [0, 0.1) is 18.8 Å². The highest BCUT2D eigenvalue weighted by Crippen LogP contribution is 2.48. The van der Waals surface area contributed by atoms with Gasteiger partial charge in [-0.3, -0.25) is 5.32 Å². The van der Waals surface area contributed by atoms with Gasteiger partial charge in [0.1, 0.15) is 11.6 Å². The summed E-state index contributed by atoms with van der Waals surface area (Å²) in [6, 6.07) is 27.1. The average Bonchev–Trinajstić information content (AvgIpc) is 3.51. The highest BCUT2D eigenvalue weighted by molar-refractivity contribution is 7.92. The first-order valence-corrected chi connectivity index (χ1v) is 18.4. The summed E-state index contributed by atoms with van der Waals surface area (Å²) in [5, 5.41) is 14.6. The van der Waals surface area contributed by atoms with Crippen LogP contribution in [-0.2, 0) is 15.4 Å². The molecule has 1 aliphatic carbocycles. The van der Waals surface area contributed by atoms with Gasteiger partial charge >= 0.3 is 0 Å². The minimum atomic E-state index is -3.85. The number of rotatable bonds is 9. The highest BCUT2D eigenvalue weighted by Gasteiger charge is 2.45.